The fourth-order valence-electron chi connectivity index (χ4n) is 1.13. The largest absolute Gasteiger partial charge is 0.395 e. The summed E-state index contributed by atoms with van der Waals surface area (Å²) in [5, 5.41) is 16.6. The highest BCUT2D eigenvalue weighted by molar-refractivity contribution is 7.89. The highest BCUT2D eigenvalue weighted by Gasteiger charge is 2.24. The van der Waals surface area contributed by atoms with E-state index in [0.717, 1.165) is 12.1 Å². The molecule has 0 aliphatic heterocycles. The zero-order valence-electron chi connectivity index (χ0n) is 8.90. The van der Waals surface area contributed by atoms with Crippen LogP contribution in [-0.4, -0.2) is 37.9 Å². The van der Waals surface area contributed by atoms with Gasteiger partial charge in [-0.3, -0.25) is 0 Å². The monoisotopic (exact) mass is 317 g/mol. The Morgan fingerprint density at radius 2 is 1.83 bits per heavy atom. The quantitative estimate of drug-likeness (QED) is 0.700. The number of hydrogen-bond acceptors (Lipinski definition) is 4. The Balaban J connectivity index is 3.17. The topological polar surface area (TPSA) is 86.6 Å². The van der Waals surface area contributed by atoms with Crippen LogP contribution in [-0.2, 0) is 10.0 Å². The van der Waals surface area contributed by atoms with Gasteiger partial charge in [-0.25, -0.2) is 17.5 Å². The molecule has 102 valence electrons. The smallest absolute Gasteiger partial charge is 0.242 e. The van der Waals surface area contributed by atoms with E-state index in [0.29, 0.717) is 0 Å². The van der Waals surface area contributed by atoms with Gasteiger partial charge in [0.25, 0.3) is 0 Å². The van der Waals surface area contributed by atoms with Gasteiger partial charge >= 0.3 is 0 Å². The van der Waals surface area contributed by atoms with Gasteiger partial charge in [0, 0.05) is 0 Å². The molecule has 0 amide bonds. The molecule has 9 heteroatoms. The Morgan fingerprint density at radius 3 is 2.33 bits per heavy atom. The Labute approximate surface area is 113 Å². The van der Waals surface area contributed by atoms with Crippen molar-refractivity contribution in [3.05, 3.63) is 28.0 Å². The molecule has 0 bridgehead atoms. The standard InChI is InChI=1S/C9H10Cl2FNO4S/c10-6-1-2-7(8(11)9(6)12)18(16,17)13-5(3-14)4-15/h1-2,5,13-15H,3-4H2. The molecular weight excluding hydrogens is 308 g/mol. The molecule has 0 unspecified atom stereocenters. The second kappa shape index (κ2) is 6.14. The molecule has 0 spiro atoms. The molecule has 0 radical (unpaired) electrons. The van der Waals surface area contributed by atoms with E-state index in [-0.39, 0.29) is 5.02 Å². The molecule has 0 aliphatic rings. The third-order valence-corrected chi connectivity index (χ3v) is 4.39. The minimum absolute atomic E-state index is 0.306. The van der Waals surface area contributed by atoms with Crippen LogP contribution in [0.25, 0.3) is 0 Å². The summed E-state index contributed by atoms with van der Waals surface area (Å²) in [6.07, 6.45) is 0. The first-order valence-corrected chi connectivity index (χ1v) is 6.95. The summed E-state index contributed by atoms with van der Waals surface area (Å²) in [5.41, 5.74) is 0. The van der Waals surface area contributed by atoms with Crippen molar-refractivity contribution in [2.45, 2.75) is 10.9 Å². The molecule has 0 aliphatic carbocycles. The van der Waals surface area contributed by atoms with E-state index in [2.05, 4.69) is 0 Å². The predicted molar refractivity (Wildman–Crippen MR) is 64.7 cm³/mol. The Bertz CT molecular complexity index is 534. The molecule has 0 atom stereocenters. The zero-order valence-corrected chi connectivity index (χ0v) is 11.2. The van der Waals surface area contributed by atoms with Gasteiger partial charge in [0.1, 0.15) is 4.90 Å². The molecule has 0 fully saturated rings. The number of benzene rings is 1. The first-order valence-electron chi connectivity index (χ1n) is 4.71. The lowest BCUT2D eigenvalue weighted by Crippen LogP contribution is -2.40. The van der Waals surface area contributed by atoms with Gasteiger partial charge in [-0.15, -0.1) is 0 Å². The van der Waals surface area contributed by atoms with E-state index in [9.17, 15) is 12.8 Å². The Morgan fingerprint density at radius 1 is 1.28 bits per heavy atom. The van der Waals surface area contributed by atoms with E-state index in [1.54, 1.807) is 0 Å². The maximum atomic E-state index is 13.4. The summed E-state index contributed by atoms with van der Waals surface area (Å²) in [6, 6.07) is 0.983. The molecule has 1 aromatic carbocycles. The molecule has 5 nitrogen and oxygen atoms in total. The first-order chi connectivity index (χ1) is 8.33. The van der Waals surface area contributed by atoms with Crippen LogP contribution in [0.15, 0.2) is 17.0 Å². The van der Waals surface area contributed by atoms with Crippen molar-refractivity contribution in [1.82, 2.24) is 4.72 Å². The van der Waals surface area contributed by atoms with Crippen LogP contribution in [0.1, 0.15) is 0 Å². The lowest BCUT2D eigenvalue weighted by atomic mass is 10.3. The average molecular weight is 318 g/mol. The van der Waals surface area contributed by atoms with E-state index >= 15 is 0 Å². The van der Waals surface area contributed by atoms with Crippen molar-refractivity contribution in [2.75, 3.05) is 13.2 Å². The normalized spacial score (nSPS) is 12.1. The molecular formula is C9H10Cl2FNO4S. The summed E-state index contributed by atoms with van der Waals surface area (Å²) >= 11 is 11.0. The fraction of sp³-hybridized carbons (Fsp3) is 0.333. The van der Waals surface area contributed by atoms with Crippen molar-refractivity contribution >= 4 is 33.2 Å². The zero-order chi connectivity index (χ0) is 13.9. The van der Waals surface area contributed by atoms with Crippen LogP contribution in [0.2, 0.25) is 10.0 Å². The lowest BCUT2D eigenvalue weighted by Gasteiger charge is -2.14. The van der Waals surface area contributed by atoms with E-state index in [4.69, 9.17) is 33.4 Å². The van der Waals surface area contributed by atoms with E-state index in [1.165, 1.54) is 0 Å². The Hall–Kier alpha value is -0.440. The van der Waals surface area contributed by atoms with Crippen molar-refractivity contribution in [1.29, 1.82) is 0 Å². The number of aliphatic hydroxyl groups excluding tert-OH is 2. The van der Waals surface area contributed by atoms with Gasteiger partial charge in [0.05, 0.1) is 29.3 Å². The molecule has 18 heavy (non-hydrogen) atoms. The van der Waals surface area contributed by atoms with Crippen LogP contribution in [0.3, 0.4) is 0 Å². The van der Waals surface area contributed by atoms with Crippen LogP contribution in [0.4, 0.5) is 4.39 Å². The number of sulfonamides is 1. The van der Waals surface area contributed by atoms with Gasteiger partial charge < -0.3 is 10.2 Å². The third-order valence-electron chi connectivity index (χ3n) is 2.05. The Kier molecular flexibility index (Phi) is 5.32. The van der Waals surface area contributed by atoms with Crippen LogP contribution >= 0.6 is 23.2 Å². The van der Waals surface area contributed by atoms with E-state index in [1.807, 2.05) is 4.72 Å². The molecule has 1 aromatic rings. The maximum Gasteiger partial charge on any atom is 0.242 e. The van der Waals surface area contributed by atoms with Gasteiger partial charge in [-0.05, 0) is 12.1 Å². The van der Waals surface area contributed by atoms with Gasteiger partial charge in [-0.1, -0.05) is 23.2 Å². The number of halogens is 3. The second-order valence-electron chi connectivity index (χ2n) is 3.36. The second-order valence-corrected chi connectivity index (χ2v) is 5.82. The summed E-state index contributed by atoms with van der Waals surface area (Å²) in [6.45, 7) is -1.22. The minimum Gasteiger partial charge on any atom is -0.395 e. The molecule has 1 rings (SSSR count). The number of hydrogen-bond donors (Lipinski definition) is 3. The number of aliphatic hydroxyl groups is 2. The number of rotatable bonds is 5. The van der Waals surface area contributed by atoms with Crippen molar-refractivity contribution in [3.8, 4) is 0 Å². The van der Waals surface area contributed by atoms with Gasteiger partial charge in [0.15, 0.2) is 5.82 Å². The molecule has 0 saturated heterocycles. The maximum absolute atomic E-state index is 13.4. The lowest BCUT2D eigenvalue weighted by molar-refractivity contribution is 0.185. The van der Waals surface area contributed by atoms with Crippen molar-refractivity contribution in [2.24, 2.45) is 0 Å². The molecule has 0 heterocycles. The highest BCUT2D eigenvalue weighted by Crippen LogP contribution is 2.29. The average Bonchev–Trinajstić information content (AvgIpc) is 2.32. The fourth-order valence-corrected chi connectivity index (χ4v) is 3.09. The summed E-state index contributed by atoms with van der Waals surface area (Å²) in [4.78, 5) is -0.516. The molecule has 0 saturated carbocycles. The highest BCUT2D eigenvalue weighted by atomic mass is 35.5. The van der Waals surface area contributed by atoms with Crippen LogP contribution < -0.4 is 4.72 Å². The van der Waals surface area contributed by atoms with Crippen LogP contribution in [0.5, 0.6) is 0 Å². The SMILES string of the molecule is O=S(=O)(NC(CO)CO)c1ccc(Cl)c(F)c1Cl. The number of nitrogens with one attached hydrogen (secondary N) is 1. The molecule has 3 N–H and O–H groups in total. The first kappa shape index (κ1) is 15.6. The van der Waals surface area contributed by atoms with Crippen molar-refractivity contribution in [3.63, 3.8) is 0 Å². The summed E-state index contributed by atoms with van der Waals surface area (Å²) in [7, 11) is -4.15. The van der Waals surface area contributed by atoms with E-state index < -0.39 is 45.0 Å². The third kappa shape index (κ3) is 3.31. The summed E-state index contributed by atoms with van der Waals surface area (Å²) < 4.78 is 39.0. The predicted octanol–water partition coefficient (Wildman–Crippen LogP) is 0.764. The van der Waals surface area contributed by atoms with Gasteiger partial charge in [-0.2, -0.15) is 0 Å². The van der Waals surface area contributed by atoms with Gasteiger partial charge in [0.2, 0.25) is 10.0 Å². The summed E-state index contributed by atoms with van der Waals surface area (Å²) in [5.74, 6) is -1.05. The minimum atomic E-state index is -4.15. The van der Waals surface area contributed by atoms with Crippen molar-refractivity contribution < 1.29 is 23.0 Å². The van der Waals surface area contributed by atoms with Crippen LogP contribution in [0, 0.1) is 5.82 Å². The molecule has 0 aromatic heterocycles.